The van der Waals surface area contributed by atoms with Gasteiger partial charge in [-0.05, 0) is 48.7 Å². The molecule has 1 saturated heterocycles. The van der Waals surface area contributed by atoms with Crippen LogP contribution in [0.25, 0.3) is 27.2 Å². The number of hydrogen-bond donors (Lipinski definition) is 1. The standard InChI is InChI=1S/C25H26FN5O2/c1-27-19-8-5-17(6-9-19)23-22(18-7-10-21(33-4)20(26)13-18)24(32)31(3)25(29-23)30(2)15-16-11-12-28-14-16/h5-10,13,16,28H,11-12,14-15H2,2-4H3. The molecule has 0 spiro atoms. The average Bonchev–Trinajstić information content (AvgIpc) is 3.33. The van der Waals surface area contributed by atoms with Crippen molar-refractivity contribution in [3.8, 4) is 28.1 Å². The van der Waals surface area contributed by atoms with Gasteiger partial charge in [-0.1, -0.05) is 30.3 Å². The summed E-state index contributed by atoms with van der Waals surface area (Å²) < 4.78 is 21.1. The molecule has 1 atom stereocenters. The molecule has 1 unspecified atom stereocenters. The highest BCUT2D eigenvalue weighted by molar-refractivity contribution is 5.82. The lowest BCUT2D eigenvalue weighted by Gasteiger charge is -2.25. The Morgan fingerprint density at radius 3 is 2.61 bits per heavy atom. The van der Waals surface area contributed by atoms with Crippen LogP contribution in [-0.2, 0) is 7.05 Å². The Morgan fingerprint density at radius 1 is 1.27 bits per heavy atom. The van der Waals surface area contributed by atoms with E-state index in [9.17, 15) is 9.18 Å². The van der Waals surface area contributed by atoms with Crippen LogP contribution in [0.4, 0.5) is 16.0 Å². The van der Waals surface area contributed by atoms with Gasteiger partial charge in [-0.15, -0.1) is 0 Å². The van der Waals surface area contributed by atoms with Gasteiger partial charge in [-0.25, -0.2) is 14.2 Å². The summed E-state index contributed by atoms with van der Waals surface area (Å²) in [7, 11) is 5.01. The fraction of sp³-hybridized carbons (Fsp3) is 0.320. The number of rotatable bonds is 6. The van der Waals surface area contributed by atoms with Gasteiger partial charge in [0.05, 0.1) is 24.9 Å². The van der Waals surface area contributed by atoms with Gasteiger partial charge in [0.1, 0.15) is 0 Å². The van der Waals surface area contributed by atoms with Gasteiger partial charge in [0.15, 0.2) is 17.3 Å². The molecule has 3 aromatic rings. The molecule has 7 nitrogen and oxygen atoms in total. The molecule has 1 aliphatic rings. The van der Waals surface area contributed by atoms with Crippen molar-refractivity contribution in [2.45, 2.75) is 6.42 Å². The summed E-state index contributed by atoms with van der Waals surface area (Å²) in [6.45, 7) is 9.90. The van der Waals surface area contributed by atoms with Gasteiger partial charge >= 0.3 is 0 Å². The van der Waals surface area contributed by atoms with Gasteiger partial charge < -0.3 is 15.0 Å². The maximum absolute atomic E-state index is 14.5. The molecule has 170 valence electrons. The van der Waals surface area contributed by atoms with Crippen LogP contribution in [0.2, 0.25) is 0 Å². The van der Waals surface area contributed by atoms with Crippen molar-refractivity contribution < 1.29 is 9.13 Å². The Labute approximate surface area is 192 Å². The maximum atomic E-state index is 14.5. The number of nitrogens with zero attached hydrogens (tertiary/aromatic N) is 4. The quantitative estimate of drug-likeness (QED) is 0.582. The summed E-state index contributed by atoms with van der Waals surface area (Å²) in [5.41, 5.74) is 2.07. The summed E-state index contributed by atoms with van der Waals surface area (Å²) in [4.78, 5) is 23.9. The topological polar surface area (TPSA) is 63.8 Å². The van der Waals surface area contributed by atoms with Crippen LogP contribution in [0.5, 0.6) is 5.75 Å². The van der Waals surface area contributed by atoms with Gasteiger partial charge in [0.2, 0.25) is 5.95 Å². The number of aromatic nitrogens is 2. The van der Waals surface area contributed by atoms with E-state index in [4.69, 9.17) is 16.3 Å². The summed E-state index contributed by atoms with van der Waals surface area (Å²) in [5.74, 6) is 0.562. The highest BCUT2D eigenvalue weighted by Gasteiger charge is 2.23. The number of halogens is 1. The van der Waals surface area contributed by atoms with Crippen molar-refractivity contribution in [1.82, 2.24) is 14.9 Å². The molecule has 8 heteroatoms. The van der Waals surface area contributed by atoms with Crippen LogP contribution in [0.3, 0.4) is 0 Å². The third-order valence-corrected chi connectivity index (χ3v) is 6.01. The molecule has 2 aromatic carbocycles. The van der Waals surface area contributed by atoms with Gasteiger partial charge in [0, 0.05) is 20.6 Å². The molecule has 1 N–H and O–H groups in total. The van der Waals surface area contributed by atoms with Crippen molar-refractivity contribution >= 4 is 11.6 Å². The normalized spacial score (nSPS) is 15.3. The number of ether oxygens (including phenoxy) is 1. The SMILES string of the molecule is [C-]#[N+]c1ccc(-c2nc(N(C)CC3CCNC3)n(C)c(=O)c2-c2ccc(OC)c(F)c2)cc1. The monoisotopic (exact) mass is 447 g/mol. The van der Waals surface area contributed by atoms with Crippen molar-refractivity contribution in [1.29, 1.82) is 0 Å². The van der Waals surface area contributed by atoms with Crippen molar-refractivity contribution in [2.24, 2.45) is 13.0 Å². The minimum absolute atomic E-state index is 0.105. The zero-order valence-electron chi connectivity index (χ0n) is 18.9. The molecular weight excluding hydrogens is 421 g/mol. The molecule has 0 radical (unpaired) electrons. The lowest BCUT2D eigenvalue weighted by molar-refractivity contribution is 0.386. The second kappa shape index (κ2) is 9.43. The lowest BCUT2D eigenvalue weighted by Crippen LogP contribution is -2.34. The summed E-state index contributed by atoms with van der Waals surface area (Å²) >= 11 is 0. The molecule has 0 saturated carbocycles. The highest BCUT2D eigenvalue weighted by Crippen LogP contribution is 2.33. The first-order chi connectivity index (χ1) is 15.9. The van der Waals surface area contributed by atoms with E-state index in [0.29, 0.717) is 39.9 Å². The molecule has 1 aliphatic heterocycles. The van der Waals surface area contributed by atoms with Crippen LogP contribution in [0.15, 0.2) is 47.3 Å². The Bertz CT molecular complexity index is 1260. The Hall–Kier alpha value is -3.70. The second-order valence-corrected chi connectivity index (χ2v) is 8.25. The van der Waals surface area contributed by atoms with E-state index in [-0.39, 0.29) is 11.3 Å². The largest absolute Gasteiger partial charge is 0.494 e. The fourth-order valence-corrected chi connectivity index (χ4v) is 4.26. The van der Waals surface area contributed by atoms with E-state index in [1.807, 2.05) is 11.9 Å². The van der Waals surface area contributed by atoms with Crippen LogP contribution >= 0.6 is 0 Å². The van der Waals surface area contributed by atoms with E-state index < -0.39 is 5.82 Å². The molecule has 0 aliphatic carbocycles. The molecule has 1 fully saturated rings. The average molecular weight is 448 g/mol. The predicted octanol–water partition coefficient (Wildman–Crippen LogP) is 3.86. The van der Waals surface area contributed by atoms with E-state index >= 15 is 0 Å². The van der Waals surface area contributed by atoms with Crippen LogP contribution < -0.4 is 20.5 Å². The molecule has 4 rings (SSSR count). The molecule has 0 amide bonds. The molecule has 2 heterocycles. The van der Waals surface area contributed by atoms with Crippen molar-refractivity contribution in [3.05, 3.63) is 70.1 Å². The third-order valence-electron chi connectivity index (χ3n) is 6.01. The first-order valence-corrected chi connectivity index (χ1v) is 10.8. The van der Waals surface area contributed by atoms with Gasteiger partial charge in [-0.3, -0.25) is 9.36 Å². The van der Waals surface area contributed by atoms with E-state index in [1.165, 1.54) is 23.8 Å². The Balaban J connectivity index is 1.89. The van der Waals surface area contributed by atoms with Crippen LogP contribution in [-0.4, -0.2) is 43.3 Å². The summed E-state index contributed by atoms with van der Waals surface area (Å²) in [6.07, 6.45) is 1.08. The third kappa shape index (κ3) is 4.45. The predicted molar refractivity (Wildman–Crippen MR) is 127 cm³/mol. The summed E-state index contributed by atoms with van der Waals surface area (Å²) in [6, 6.07) is 11.4. The number of benzene rings is 2. The number of anilines is 1. The van der Waals surface area contributed by atoms with E-state index in [2.05, 4.69) is 10.2 Å². The number of nitrogens with one attached hydrogen (secondary N) is 1. The minimum atomic E-state index is -0.554. The number of methoxy groups -OCH3 is 1. The molecule has 33 heavy (non-hydrogen) atoms. The fourth-order valence-electron chi connectivity index (χ4n) is 4.26. The van der Waals surface area contributed by atoms with Crippen LogP contribution in [0, 0.1) is 18.3 Å². The zero-order chi connectivity index (χ0) is 23.5. The smallest absolute Gasteiger partial charge is 0.263 e. The highest BCUT2D eigenvalue weighted by atomic mass is 19.1. The molecule has 1 aromatic heterocycles. The van der Waals surface area contributed by atoms with Gasteiger partial charge in [-0.2, -0.15) is 0 Å². The Morgan fingerprint density at radius 2 is 2.00 bits per heavy atom. The number of hydrogen-bond acceptors (Lipinski definition) is 5. The first-order valence-electron chi connectivity index (χ1n) is 10.8. The van der Waals surface area contributed by atoms with Crippen molar-refractivity contribution in [3.63, 3.8) is 0 Å². The van der Waals surface area contributed by atoms with Crippen LogP contribution in [0.1, 0.15) is 6.42 Å². The summed E-state index contributed by atoms with van der Waals surface area (Å²) in [5, 5.41) is 3.36. The lowest BCUT2D eigenvalue weighted by atomic mass is 9.99. The maximum Gasteiger partial charge on any atom is 0.263 e. The van der Waals surface area contributed by atoms with E-state index in [1.54, 1.807) is 37.4 Å². The van der Waals surface area contributed by atoms with Crippen molar-refractivity contribution in [2.75, 3.05) is 38.7 Å². The van der Waals surface area contributed by atoms with Gasteiger partial charge in [0.25, 0.3) is 5.56 Å². The molecular formula is C25H26FN5O2. The minimum Gasteiger partial charge on any atom is -0.494 e. The zero-order valence-corrected chi connectivity index (χ0v) is 18.9. The molecule has 0 bridgehead atoms. The van der Waals surface area contributed by atoms with E-state index in [0.717, 1.165) is 26.1 Å². The Kier molecular flexibility index (Phi) is 6.43. The second-order valence-electron chi connectivity index (χ2n) is 8.25. The first kappa shape index (κ1) is 22.5.